The molecule has 0 N–H and O–H groups in total. The Balaban J connectivity index is 1.34. The van der Waals surface area contributed by atoms with Crippen LogP contribution in [0.3, 0.4) is 0 Å². The first-order valence-corrected chi connectivity index (χ1v) is 9.94. The maximum Gasteiger partial charge on any atom is 0.146 e. The van der Waals surface area contributed by atoms with Crippen molar-refractivity contribution in [2.45, 2.75) is 45.7 Å². The van der Waals surface area contributed by atoms with Crippen molar-refractivity contribution in [3.05, 3.63) is 28.7 Å². The molecule has 0 saturated carbocycles. The summed E-state index contributed by atoms with van der Waals surface area (Å²) < 4.78 is 12.9. The first kappa shape index (κ1) is 18.6. The van der Waals surface area contributed by atoms with E-state index in [1.807, 2.05) is 13.8 Å². The van der Waals surface area contributed by atoms with Gasteiger partial charge in [-0.05, 0) is 39.8 Å². The average molecular weight is 374 g/mol. The molecule has 2 aromatic rings. The molecular weight excluding hydrogens is 344 g/mol. The van der Waals surface area contributed by atoms with Crippen molar-refractivity contribution in [1.29, 1.82) is 0 Å². The van der Waals surface area contributed by atoms with E-state index in [-0.39, 0.29) is 0 Å². The van der Waals surface area contributed by atoms with Crippen LogP contribution in [0.4, 0.5) is 0 Å². The number of nitrogens with zero attached hydrogens (tertiary/aromatic N) is 6. The molecule has 2 fully saturated rings. The second-order valence-electron chi connectivity index (χ2n) is 7.78. The highest BCUT2D eigenvalue weighted by Crippen LogP contribution is 2.28. The molecule has 0 unspecified atom stereocenters. The summed E-state index contributed by atoms with van der Waals surface area (Å²) in [6.07, 6.45) is 2.24. The van der Waals surface area contributed by atoms with E-state index >= 15 is 0 Å². The number of piperidine rings is 1. The zero-order valence-corrected chi connectivity index (χ0v) is 16.6. The third kappa shape index (κ3) is 4.07. The molecule has 2 aromatic heterocycles. The minimum Gasteiger partial charge on any atom is -0.379 e. The summed E-state index contributed by atoms with van der Waals surface area (Å²) in [4.78, 5) is 4.89. The van der Waals surface area contributed by atoms with Gasteiger partial charge in [-0.15, -0.1) is 10.2 Å². The van der Waals surface area contributed by atoms with Crippen molar-refractivity contribution in [3.8, 4) is 0 Å². The van der Waals surface area contributed by atoms with Gasteiger partial charge in [0.2, 0.25) is 0 Å². The summed E-state index contributed by atoms with van der Waals surface area (Å²) >= 11 is 0. The van der Waals surface area contributed by atoms with Crippen molar-refractivity contribution < 1.29 is 9.26 Å². The van der Waals surface area contributed by atoms with Crippen molar-refractivity contribution >= 4 is 0 Å². The SMILES string of the molecule is Cc1noc(C)c1CN1CCC(c2nnc(CN3CCOCC3)n2C)CC1. The van der Waals surface area contributed by atoms with E-state index in [1.165, 1.54) is 5.56 Å². The second kappa shape index (κ2) is 8.08. The van der Waals surface area contributed by atoms with Crippen LogP contribution in [-0.2, 0) is 24.9 Å². The Kier molecular flexibility index (Phi) is 5.56. The molecule has 2 aliphatic heterocycles. The minimum atomic E-state index is 0.488. The average Bonchev–Trinajstić information content (AvgIpc) is 3.20. The molecule has 4 heterocycles. The van der Waals surface area contributed by atoms with Crippen molar-refractivity contribution in [2.75, 3.05) is 39.4 Å². The summed E-state index contributed by atoms with van der Waals surface area (Å²) in [6.45, 7) is 11.5. The van der Waals surface area contributed by atoms with Crippen LogP contribution in [0.1, 0.15) is 47.4 Å². The number of likely N-dealkylation sites (tertiary alicyclic amines) is 1. The van der Waals surface area contributed by atoms with E-state index in [2.05, 4.69) is 36.8 Å². The molecule has 8 heteroatoms. The molecule has 2 saturated heterocycles. The monoisotopic (exact) mass is 374 g/mol. The molecule has 0 atom stereocenters. The number of hydrogen-bond donors (Lipinski definition) is 0. The summed E-state index contributed by atoms with van der Waals surface area (Å²) in [5.41, 5.74) is 2.25. The van der Waals surface area contributed by atoms with Crippen molar-refractivity contribution in [2.24, 2.45) is 7.05 Å². The zero-order valence-electron chi connectivity index (χ0n) is 16.6. The topological polar surface area (TPSA) is 72.5 Å². The fourth-order valence-electron chi connectivity index (χ4n) is 4.13. The Hall–Kier alpha value is -1.77. The van der Waals surface area contributed by atoms with E-state index in [0.29, 0.717) is 5.92 Å². The molecule has 27 heavy (non-hydrogen) atoms. The lowest BCUT2D eigenvalue weighted by molar-refractivity contribution is 0.0326. The van der Waals surface area contributed by atoms with E-state index in [1.54, 1.807) is 0 Å². The number of aromatic nitrogens is 4. The number of rotatable bonds is 5. The molecular formula is C19H30N6O2. The highest BCUT2D eigenvalue weighted by Gasteiger charge is 2.26. The van der Waals surface area contributed by atoms with E-state index in [9.17, 15) is 0 Å². The fourth-order valence-corrected chi connectivity index (χ4v) is 4.13. The Labute approximate surface area is 160 Å². The van der Waals surface area contributed by atoms with Gasteiger partial charge in [0.05, 0.1) is 25.5 Å². The van der Waals surface area contributed by atoms with E-state index < -0.39 is 0 Å². The van der Waals surface area contributed by atoms with E-state index in [4.69, 9.17) is 9.26 Å². The fraction of sp³-hybridized carbons (Fsp3) is 0.737. The van der Waals surface area contributed by atoms with Crippen LogP contribution in [0.5, 0.6) is 0 Å². The third-order valence-electron chi connectivity index (χ3n) is 5.98. The Bertz CT molecular complexity index is 737. The van der Waals surface area contributed by atoms with Gasteiger partial charge in [-0.2, -0.15) is 0 Å². The predicted octanol–water partition coefficient (Wildman–Crippen LogP) is 1.63. The van der Waals surface area contributed by atoms with Crippen molar-refractivity contribution in [3.63, 3.8) is 0 Å². The van der Waals surface area contributed by atoms with Gasteiger partial charge in [-0.3, -0.25) is 9.80 Å². The molecule has 148 valence electrons. The summed E-state index contributed by atoms with van der Waals surface area (Å²) in [5.74, 6) is 3.62. The van der Waals surface area contributed by atoms with Gasteiger partial charge < -0.3 is 13.8 Å². The maximum absolute atomic E-state index is 5.43. The lowest BCUT2D eigenvalue weighted by Gasteiger charge is -2.31. The molecule has 0 bridgehead atoms. The number of ether oxygens (including phenoxy) is 1. The molecule has 0 radical (unpaired) electrons. The van der Waals surface area contributed by atoms with Gasteiger partial charge in [-0.1, -0.05) is 5.16 Å². The first-order valence-electron chi connectivity index (χ1n) is 9.94. The van der Waals surface area contributed by atoms with Gasteiger partial charge in [0, 0.05) is 38.2 Å². The Morgan fingerprint density at radius 1 is 0.963 bits per heavy atom. The second-order valence-corrected chi connectivity index (χ2v) is 7.78. The van der Waals surface area contributed by atoms with Crippen LogP contribution in [-0.4, -0.2) is 69.1 Å². The predicted molar refractivity (Wildman–Crippen MR) is 100 cm³/mol. The zero-order chi connectivity index (χ0) is 18.8. The van der Waals surface area contributed by atoms with Crippen LogP contribution in [0.15, 0.2) is 4.52 Å². The molecule has 0 spiro atoms. The van der Waals surface area contributed by atoms with Crippen molar-refractivity contribution in [1.82, 2.24) is 29.7 Å². The lowest BCUT2D eigenvalue weighted by atomic mass is 9.95. The number of hydrogen-bond acceptors (Lipinski definition) is 7. The molecule has 0 amide bonds. The smallest absolute Gasteiger partial charge is 0.146 e. The summed E-state index contributed by atoms with van der Waals surface area (Å²) in [7, 11) is 2.11. The molecule has 0 aromatic carbocycles. The van der Waals surface area contributed by atoms with Gasteiger partial charge in [-0.25, -0.2) is 0 Å². The van der Waals surface area contributed by atoms with Crippen LogP contribution in [0.2, 0.25) is 0 Å². The highest BCUT2D eigenvalue weighted by molar-refractivity contribution is 5.20. The highest BCUT2D eigenvalue weighted by atomic mass is 16.5. The standard InChI is InChI=1S/C19H30N6O2/c1-14-17(15(2)27-22-14)12-24-6-4-16(5-7-24)19-21-20-18(23(19)3)13-25-8-10-26-11-9-25/h16H,4-13H2,1-3H3. The largest absolute Gasteiger partial charge is 0.379 e. The van der Waals surface area contributed by atoms with Crippen LogP contribution < -0.4 is 0 Å². The van der Waals surface area contributed by atoms with Gasteiger partial charge >= 0.3 is 0 Å². The number of aryl methyl sites for hydroxylation is 2. The lowest BCUT2D eigenvalue weighted by Crippen LogP contribution is -2.36. The Morgan fingerprint density at radius 2 is 1.67 bits per heavy atom. The summed E-state index contributed by atoms with van der Waals surface area (Å²) in [6, 6.07) is 0. The molecule has 0 aliphatic carbocycles. The number of morpholine rings is 1. The minimum absolute atomic E-state index is 0.488. The normalized spacial score (nSPS) is 20.4. The molecule has 4 rings (SSSR count). The molecule has 2 aliphatic rings. The summed E-state index contributed by atoms with van der Waals surface area (Å²) in [5, 5.41) is 13.1. The van der Waals surface area contributed by atoms with Gasteiger partial charge in [0.25, 0.3) is 0 Å². The Morgan fingerprint density at radius 3 is 2.33 bits per heavy atom. The van der Waals surface area contributed by atoms with Crippen LogP contribution >= 0.6 is 0 Å². The van der Waals surface area contributed by atoms with Crippen LogP contribution in [0.25, 0.3) is 0 Å². The van der Waals surface area contributed by atoms with Gasteiger partial charge in [0.1, 0.15) is 17.4 Å². The third-order valence-corrected chi connectivity index (χ3v) is 5.98. The van der Waals surface area contributed by atoms with Gasteiger partial charge in [0.15, 0.2) is 0 Å². The van der Waals surface area contributed by atoms with Crippen LogP contribution in [0, 0.1) is 13.8 Å². The molecule has 8 nitrogen and oxygen atoms in total. The van der Waals surface area contributed by atoms with E-state index in [0.717, 1.165) is 88.4 Å². The maximum atomic E-state index is 5.43. The first-order chi connectivity index (χ1) is 13.1. The quantitative estimate of drug-likeness (QED) is 0.788.